The highest BCUT2D eigenvalue weighted by Crippen LogP contribution is 2.34. The summed E-state index contributed by atoms with van der Waals surface area (Å²) in [6.45, 7) is 0.801. The van der Waals surface area contributed by atoms with E-state index >= 15 is 0 Å². The van der Waals surface area contributed by atoms with Gasteiger partial charge in [-0.25, -0.2) is 4.79 Å². The second kappa shape index (κ2) is 9.19. The van der Waals surface area contributed by atoms with Crippen LogP contribution in [0.5, 0.6) is 0 Å². The number of fused-ring (bicyclic) bond motifs is 1. The van der Waals surface area contributed by atoms with Crippen LogP contribution in [-0.2, 0) is 23.9 Å². The van der Waals surface area contributed by atoms with E-state index in [-0.39, 0.29) is 17.9 Å². The minimum atomic E-state index is -1.23. The van der Waals surface area contributed by atoms with E-state index in [9.17, 15) is 24.0 Å². The second-order valence-corrected chi connectivity index (χ2v) is 7.85. The third kappa shape index (κ3) is 5.02. The van der Waals surface area contributed by atoms with Crippen LogP contribution in [0.4, 0.5) is 4.79 Å². The number of hydrogen-bond acceptors (Lipinski definition) is 6. The number of allylic oxidation sites excluding steroid dienone is 2. The molecule has 0 radical (unpaired) electrons. The van der Waals surface area contributed by atoms with Crippen molar-refractivity contribution in [3.05, 3.63) is 12.2 Å². The molecule has 3 atom stereocenters. The Balaban J connectivity index is 1.45. The average molecular weight is 405 g/mol. The average Bonchev–Trinajstić information content (AvgIpc) is 2.93. The Morgan fingerprint density at radius 3 is 2.24 bits per heavy atom. The molecular weight excluding hydrogens is 378 g/mol. The Bertz CT molecular complexity index is 702. The summed E-state index contributed by atoms with van der Waals surface area (Å²) in [5.74, 6) is -3.25. The Kier molecular flexibility index (Phi) is 6.66. The standard InChI is InChI=1S/C20H27N3O6/c1-12(17(25)22-20(28)21-13-7-3-2-4-8-13)29-16(24)11-23-18(26)14-9-5-6-10-15(14)19(23)27/h5-6,12-15H,2-4,7-11H2,1H3,(H2,21,22,25,28)/t12-,14-,15-/m0/s1. The summed E-state index contributed by atoms with van der Waals surface area (Å²) in [5.41, 5.74) is 0. The first-order valence-electron chi connectivity index (χ1n) is 10.2. The van der Waals surface area contributed by atoms with Gasteiger partial charge in [-0.15, -0.1) is 0 Å². The van der Waals surface area contributed by atoms with E-state index in [0.717, 1.165) is 37.0 Å². The second-order valence-electron chi connectivity index (χ2n) is 7.85. The van der Waals surface area contributed by atoms with Gasteiger partial charge >= 0.3 is 12.0 Å². The van der Waals surface area contributed by atoms with Crippen molar-refractivity contribution in [1.82, 2.24) is 15.5 Å². The smallest absolute Gasteiger partial charge is 0.326 e. The van der Waals surface area contributed by atoms with Crippen LogP contribution in [0.15, 0.2) is 12.2 Å². The summed E-state index contributed by atoms with van der Waals surface area (Å²) in [7, 11) is 0. The molecule has 1 saturated carbocycles. The third-order valence-electron chi connectivity index (χ3n) is 5.74. The summed E-state index contributed by atoms with van der Waals surface area (Å²) >= 11 is 0. The molecule has 9 nitrogen and oxygen atoms in total. The molecule has 1 heterocycles. The van der Waals surface area contributed by atoms with E-state index in [4.69, 9.17) is 4.74 Å². The first-order valence-corrected chi connectivity index (χ1v) is 10.2. The molecular formula is C20H27N3O6. The number of nitrogens with one attached hydrogen (secondary N) is 2. The molecule has 2 N–H and O–H groups in total. The molecule has 9 heteroatoms. The van der Waals surface area contributed by atoms with Gasteiger partial charge in [0, 0.05) is 6.04 Å². The van der Waals surface area contributed by atoms with Gasteiger partial charge in [0.1, 0.15) is 6.54 Å². The molecule has 158 valence electrons. The van der Waals surface area contributed by atoms with Crippen molar-refractivity contribution in [3.8, 4) is 0 Å². The lowest BCUT2D eigenvalue weighted by Gasteiger charge is -2.23. The van der Waals surface area contributed by atoms with Crippen molar-refractivity contribution in [2.24, 2.45) is 11.8 Å². The largest absolute Gasteiger partial charge is 0.451 e. The van der Waals surface area contributed by atoms with Gasteiger partial charge in [-0.2, -0.15) is 0 Å². The third-order valence-corrected chi connectivity index (χ3v) is 5.74. The highest BCUT2D eigenvalue weighted by atomic mass is 16.5. The highest BCUT2D eigenvalue weighted by Gasteiger charge is 2.48. The van der Waals surface area contributed by atoms with Crippen molar-refractivity contribution in [3.63, 3.8) is 0 Å². The van der Waals surface area contributed by atoms with Crippen molar-refractivity contribution in [2.45, 2.75) is 64.0 Å². The van der Waals surface area contributed by atoms with Gasteiger partial charge in [-0.1, -0.05) is 31.4 Å². The summed E-state index contributed by atoms with van der Waals surface area (Å²) in [6, 6.07) is -0.578. The van der Waals surface area contributed by atoms with Crippen LogP contribution in [0.1, 0.15) is 51.9 Å². The summed E-state index contributed by atoms with van der Waals surface area (Å²) in [5, 5.41) is 4.90. The molecule has 0 aromatic heterocycles. The zero-order chi connectivity index (χ0) is 21.0. The molecule has 1 aliphatic heterocycles. The van der Waals surface area contributed by atoms with E-state index in [1.165, 1.54) is 6.92 Å². The van der Waals surface area contributed by atoms with Crippen molar-refractivity contribution < 1.29 is 28.7 Å². The lowest BCUT2D eigenvalue weighted by atomic mass is 9.85. The van der Waals surface area contributed by atoms with E-state index in [0.29, 0.717) is 12.8 Å². The van der Waals surface area contributed by atoms with Crippen LogP contribution < -0.4 is 10.6 Å². The lowest BCUT2D eigenvalue weighted by Crippen LogP contribution is -2.48. The Hall–Kier alpha value is -2.71. The number of likely N-dealkylation sites (tertiary alicyclic amines) is 1. The number of carbonyl (C=O) groups is 5. The first kappa shape index (κ1) is 21.0. The zero-order valence-electron chi connectivity index (χ0n) is 16.5. The van der Waals surface area contributed by atoms with Gasteiger partial charge in [-0.05, 0) is 32.6 Å². The molecule has 0 spiro atoms. The Labute approximate surface area is 169 Å². The molecule has 0 aromatic carbocycles. The van der Waals surface area contributed by atoms with Crippen LogP contribution >= 0.6 is 0 Å². The number of amides is 5. The molecule has 0 aromatic rings. The van der Waals surface area contributed by atoms with Crippen LogP contribution in [0.3, 0.4) is 0 Å². The van der Waals surface area contributed by atoms with Crippen molar-refractivity contribution in [1.29, 1.82) is 0 Å². The maximum atomic E-state index is 12.4. The molecule has 2 aliphatic carbocycles. The minimum Gasteiger partial charge on any atom is -0.451 e. The zero-order valence-corrected chi connectivity index (χ0v) is 16.5. The maximum absolute atomic E-state index is 12.4. The van der Waals surface area contributed by atoms with Gasteiger partial charge < -0.3 is 10.1 Å². The fourth-order valence-corrected chi connectivity index (χ4v) is 4.12. The monoisotopic (exact) mass is 405 g/mol. The van der Waals surface area contributed by atoms with Gasteiger partial charge in [0.05, 0.1) is 11.8 Å². The van der Waals surface area contributed by atoms with E-state index in [1.54, 1.807) is 0 Å². The summed E-state index contributed by atoms with van der Waals surface area (Å²) < 4.78 is 5.02. The molecule has 3 rings (SSSR count). The SMILES string of the molecule is C[C@H](OC(=O)CN1C(=O)[C@H]2CC=CC[C@@H]2C1=O)C(=O)NC(=O)NC1CCCCC1. The van der Waals surface area contributed by atoms with Crippen LogP contribution in [0.2, 0.25) is 0 Å². The van der Waals surface area contributed by atoms with Gasteiger partial charge in [0.15, 0.2) is 6.10 Å². The predicted octanol–water partition coefficient (Wildman–Crippen LogP) is 1.03. The fourth-order valence-electron chi connectivity index (χ4n) is 4.12. The number of carbonyl (C=O) groups excluding carboxylic acids is 5. The van der Waals surface area contributed by atoms with Gasteiger partial charge in [0.25, 0.3) is 5.91 Å². The van der Waals surface area contributed by atoms with Crippen molar-refractivity contribution in [2.75, 3.05) is 6.54 Å². The molecule has 2 fully saturated rings. The normalized spacial score (nSPS) is 25.3. The first-order chi connectivity index (χ1) is 13.9. The summed E-state index contributed by atoms with van der Waals surface area (Å²) in [4.78, 5) is 61.8. The van der Waals surface area contributed by atoms with Crippen LogP contribution in [-0.4, -0.2) is 53.3 Å². The number of urea groups is 1. The number of esters is 1. The molecule has 5 amide bonds. The molecule has 29 heavy (non-hydrogen) atoms. The number of hydrogen-bond donors (Lipinski definition) is 2. The molecule has 0 bridgehead atoms. The summed E-state index contributed by atoms with van der Waals surface area (Å²) in [6.07, 6.45) is 8.44. The molecule has 3 aliphatic rings. The minimum absolute atomic E-state index is 0.0413. The number of rotatable bonds is 5. The topological polar surface area (TPSA) is 122 Å². The van der Waals surface area contributed by atoms with Gasteiger partial charge in [-0.3, -0.25) is 29.4 Å². The van der Waals surface area contributed by atoms with Gasteiger partial charge in [0.2, 0.25) is 11.8 Å². The highest BCUT2D eigenvalue weighted by molar-refractivity contribution is 6.07. The number of nitrogens with zero attached hydrogens (tertiary/aromatic N) is 1. The Morgan fingerprint density at radius 1 is 1.07 bits per heavy atom. The fraction of sp³-hybridized carbons (Fsp3) is 0.650. The lowest BCUT2D eigenvalue weighted by molar-refractivity contribution is -0.159. The van der Waals surface area contributed by atoms with Crippen molar-refractivity contribution >= 4 is 29.7 Å². The van der Waals surface area contributed by atoms with Crippen LogP contribution in [0.25, 0.3) is 0 Å². The van der Waals surface area contributed by atoms with E-state index in [2.05, 4.69) is 10.6 Å². The van der Waals surface area contributed by atoms with Crippen LogP contribution in [0, 0.1) is 11.8 Å². The predicted molar refractivity (Wildman–Crippen MR) is 101 cm³/mol. The molecule has 1 saturated heterocycles. The maximum Gasteiger partial charge on any atom is 0.326 e. The van der Waals surface area contributed by atoms with E-state index in [1.807, 2.05) is 12.2 Å². The molecule has 0 unspecified atom stereocenters. The number of ether oxygens (including phenoxy) is 1. The number of imide groups is 2. The Morgan fingerprint density at radius 2 is 1.66 bits per heavy atom. The van der Waals surface area contributed by atoms with E-state index < -0.39 is 42.4 Å². The quantitative estimate of drug-likeness (QED) is 0.400.